The van der Waals surface area contributed by atoms with Crippen LogP contribution in [-0.4, -0.2) is 70.2 Å². The van der Waals surface area contributed by atoms with Crippen molar-refractivity contribution in [2.24, 2.45) is 5.92 Å². The largest absolute Gasteiger partial charge is 0.427 e. The SMILES string of the molecule is C[C@@H](C1CC1)N(Cc1ccc(F)cc1)C(=O)CN1C(=O)O[C@@]2(CCc3cc(NC(=O)N4CC(F)(F)C4)ccc32)C1=O. The van der Waals surface area contributed by atoms with Crippen molar-refractivity contribution < 1.29 is 37.1 Å². The van der Waals surface area contributed by atoms with Crippen molar-refractivity contribution in [3.05, 3.63) is 65.0 Å². The van der Waals surface area contributed by atoms with E-state index in [-0.39, 0.29) is 24.8 Å². The zero-order valence-electron chi connectivity index (χ0n) is 22.4. The highest BCUT2D eigenvalue weighted by atomic mass is 19.3. The number of benzene rings is 2. The fraction of sp³-hybridized carbons (Fsp3) is 0.448. The predicted molar refractivity (Wildman–Crippen MR) is 139 cm³/mol. The predicted octanol–water partition coefficient (Wildman–Crippen LogP) is 4.26. The van der Waals surface area contributed by atoms with Crippen molar-refractivity contribution in [3.8, 4) is 0 Å². The lowest BCUT2D eigenvalue weighted by molar-refractivity contribution is -0.143. The van der Waals surface area contributed by atoms with Gasteiger partial charge < -0.3 is 19.9 Å². The van der Waals surface area contributed by atoms with Gasteiger partial charge in [-0.15, -0.1) is 0 Å². The van der Waals surface area contributed by atoms with Gasteiger partial charge in [0, 0.05) is 30.3 Å². The number of urea groups is 1. The maximum atomic E-state index is 13.7. The zero-order valence-corrected chi connectivity index (χ0v) is 22.4. The van der Waals surface area contributed by atoms with Gasteiger partial charge in [-0.3, -0.25) is 9.59 Å². The molecule has 4 aliphatic rings. The highest BCUT2D eigenvalue weighted by Gasteiger charge is 2.58. The maximum Gasteiger partial charge on any atom is 0.418 e. The molecule has 41 heavy (non-hydrogen) atoms. The van der Waals surface area contributed by atoms with E-state index >= 15 is 0 Å². The standard InChI is InChI=1S/C29H29F3N4O5/c1-17(19-4-5-19)35(13-18-2-6-21(30)7-3-18)24(37)14-36-25(38)29(41-27(36)40)11-10-20-12-22(8-9-23(20)29)33-26(39)34-15-28(31,32)16-34/h2-3,6-9,12,17,19H,4-5,10-11,13-16H2,1H3,(H,33,39)/t17-,29+/m0/s1. The number of carbonyl (C=O) groups excluding carboxylic acids is 4. The molecule has 2 aliphatic heterocycles. The summed E-state index contributed by atoms with van der Waals surface area (Å²) in [5, 5.41) is 2.58. The number of ether oxygens (including phenoxy) is 1. The van der Waals surface area contributed by atoms with E-state index in [0.29, 0.717) is 29.2 Å². The van der Waals surface area contributed by atoms with Crippen LogP contribution in [0.1, 0.15) is 42.9 Å². The molecule has 0 unspecified atom stereocenters. The Balaban J connectivity index is 1.16. The average Bonchev–Trinajstić information content (AvgIpc) is 3.67. The molecule has 2 aromatic carbocycles. The number of aryl methyl sites for hydroxylation is 1. The Kier molecular flexibility index (Phi) is 6.46. The third-order valence-electron chi connectivity index (χ3n) is 8.42. The molecule has 6 rings (SSSR count). The van der Waals surface area contributed by atoms with Crippen molar-refractivity contribution in [3.63, 3.8) is 0 Å². The minimum absolute atomic E-state index is 0.126. The Bertz CT molecular complexity index is 1420. The van der Waals surface area contributed by atoms with E-state index in [0.717, 1.165) is 28.2 Å². The number of nitrogens with one attached hydrogen (secondary N) is 1. The van der Waals surface area contributed by atoms with Crippen LogP contribution in [0.3, 0.4) is 0 Å². The van der Waals surface area contributed by atoms with Crippen LogP contribution in [0.2, 0.25) is 0 Å². The fourth-order valence-corrected chi connectivity index (χ4v) is 5.89. The minimum atomic E-state index is -2.88. The molecule has 2 atom stereocenters. The van der Waals surface area contributed by atoms with Gasteiger partial charge in [0.25, 0.3) is 11.8 Å². The van der Waals surface area contributed by atoms with E-state index in [4.69, 9.17) is 4.74 Å². The fourth-order valence-electron chi connectivity index (χ4n) is 5.89. The number of rotatable bonds is 7. The average molecular weight is 571 g/mol. The number of imide groups is 1. The van der Waals surface area contributed by atoms with Gasteiger partial charge in [-0.25, -0.2) is 27.7 Å². The van der Waals surface area contributed by atoms with Crippen LogP contribution < -0.4 is 5.32 Å². The van der Waals surface area contributed by atoms with Gasteiger partial charge in [-0.2, -0.15) is 0 Å². The van der Waals surface area contributed by atoms with Crippen molar-refractivity contribution in [2.45, 2.75) is 56.7 Å². The second kappa shape index (κ2) is 9.78. The Morgan fingerprint density at radius 3 is 2.49 bits per heavy atom. The molecule has 0 aromatic heterocycles. The van der Waals surface area contributed by atoms with Crippen LogP contribution in [0, 0.1) is 11.7 Å². The summed E-state index contributed by atoms with van der Waals surface area (Å²) in [5.41, 5.74) is 0.670. The van der Waals surface area contributed by atoms with Gasteiger partial charge in [0.2, 0.25) is 11.5 Å². The number of carbonyl (C=O) groups is 4. The molecule has 12 heteroatoms. The second-order valence-electron chi connectivity index (χ2n) is 11.3. The van der Waals surface area contributed by atoms with Crippen LogP contribution >= 0.6 is 0 Å². The number of halogens is 3. The summed E-state index contributed by atoms with van der Waals surface area (Å²) in [6.07, 6.45) is 1.59. The Hall–Kier alpha value is -4.09. The number of hydrogen-bond donors (Lipinski definition) is 1. The van der Waals surface area contributed by atoms with Crippen molar-refractivity contribution in [1.29, 1.82) is 0 Å². The van der Waals surface area contributed by atoms with Gasteiger partial charge in [0.1, 0.15) is 12.4 Å². The van der Waals surface area contributed by atoms with E-state index in [1.807, 2.05) is 6.92 Å². The van der Waals surface area contributed by atoms with Crippen LogP contribution in [0.15, 0.2) is 42.5 Å². The summed E-state index contributed by atoms with van der Waals surface area (Å²) in [5.74, 6) is -3.99. The number of alkyl halides is 2. The number of anilines is 1. The van der Waals surface area contributed by atoms with E-state index in [1.54, 1.807) is 29.2 Å². The highest BCUT2D eigenvalue weighted by molar-refractivity contribution is 6.06. The van der Waals surface area contributed by atoms with Crippen LogP contribution in [0.5, 0.6) is 0 Å². The molecular weight excluding hydrogens is 541 g/mol. The topological polar surface area (TPSA) is 99.3 Å². The molecular formula is C29H29F3N4O5. The van der Waals surface area contributed by atoms with E-state index in [9.17, 15) is 32.3 Å². The summed E-state index contributed by atoms with van der Waals surface area (Å²) >= 11 is 0. The van der Waals surface area contributed by atoms with Gasteiger partial charge >= 0.3 is 12.1 Å². The number of fused-ring (bicyclic) bond motifs is 2. The summed E-state index contributed by atoms with van der Waals surface area (Å²) in [6, 6.07) is 9.81. The van der Waals surface area contributed by atoms with Crippen molar-refractivity contribution in [1.82, 2.24) is 14.7 Å². The zero-order chi connectivity index (χ0) is 29.1. The first-order chi connectivity index (χ1) is 19.5. The molecule has 3 fully saturated rings. The Morgan fingerprint density at radius 2 is 1.83 bits per heavy atom. The summed E-state index contributed by atoms with van der Waals surface area (Å²) < 4.78 is 45.3. The molecule has 2 heterocycles. The van der Waals surface area contributed by atoms with Gasteiger partial charge in [0.15, 0.2) is 0 Å². The molecule has 216 valence electrons. The monoisotopic (exact) mass is 570 g/mol. The first-order valence-corrected chi connectivity index (χ1v) is 13.6. The van der Waals surface area contributed by atoms with Crippen molar-refractivity contribution >= 4 is 29.6 Å². The van der Waals surface area contributed by atoms with E-state index in [2.05, 4.69) is 5.32 Å². The summed E-state index contributed by atoms with van der Waals surface area (Å²) in [6.45, 7) is 0.369. The first-order valence-electron chi connectivity index (χ1n) is 13.6. The third-order valence-corrected chi connectivity index (χ3v) is 8.42. The smallest absolute Gasteiger partial charge is 0.418 e. The maximum absolute atomic E-state index is 13.7. The normalized spacial score (nSPS) is 23.2. The lowest BCUT2D eigenvalue weighted by atomic mass is 9.94. The lowest BCUT2D eigenvalue weighted by Gasteiger charge is -2.38. The van der Waals surface area contributed by atoms with Crippen LogP contribution in [0.4, 0.5) is 28.4 Å². The molecule has 0 bridgehead atoms. The molecule has 9 nitrogen and oxygen atoms in total. The second-order valence-corrected chi connectivity index (χ2v) is 11.3. The van der Waals surface area contributed by atoms with Gasteiger partial charge in [0.05, 0.1) is 13.1 Å². The van der Waals surface area contributed by atoms with E-state index in [1.165, 1.54) is 18.2 Å². The summed E-state index contributed by atoms with van der Waals surface area (Å²) in [4.78, 5) is 55.8. The summed E-state index contributed by atoms with van der Waals surface area (Å²) in [7, 11) is 0. The molecule has 2 aromatic rings. The molecule has 0 radical (unpaired) electrons. The Labute approximate surface area is 234 Å². The lowest BCUT2D eigenvalue weighted by Crippen LogP contribution is -2.59. The molecule has 1 saturated carbocycles. The van der Waals surface area contributed by atoms with Crippen LogP contribution in [-0.2, 0) is 32.9 Å². The first kappa shape index (κ1) is 27.1. The molecule has 2 saturated heterocycles. The van der Waals surface area contributed by atoms with Gasteiger partial charge in [-0.05, 0) is 67.5 Å². The van der Waals surface area contributed by atoms with Gasteiger partial charge in [-0.1, -0.05) is 18.2 Å². The molecule has 5 amide bonds. The number of nitrogens with zero attached hydrogens (tertiary/aromatic N) is 3. The van der Waals surface area contributed by atoms with E-state index < -0.39 is 55.1 Å². The third kappa shape index (κ3) is 5.00. The van der Waals surface area contributed by atoms with Crippen LogP contribution in [0.25, 0.3) is 0 Å². The van der Waals surface area contributed by atoms with Crippen molar-refractivity contribution in [2.75, 3.05) is 25.0 Å². The number of hydrogen-bond acceptors (Lipinski definition) is 5. The number of amides is 5. The molecule has 1 spiro atoms. The minimum Gasteiger partial charge on any atom is -0.427 e. The molecule has 1 N–H and O–H groups in total. The number of likely N-dealkylation sites (tertiary alicyclic amines) is 1. The molecule has 2 aliphatic carbocycles. The Morgan fingerprint density at radius 1 is 1.12 bits per heavy atom. The quantitative estimate of drug-likeness (QED) is 0.537. The highest BCUT2D eigenvalue weighted by Crippen LogP contribution is 2.46.